The number of benzene rings is 2. The van der Waals surface area contributed by atoms with E-state index in [2.05, 4.69) is 0 Å². The van der Waals surface area contributed by atoms with Gasteiger partial charge in [0.15, 0.2) is 0 Å². The summed E-state index contributed by atoms with van der Waals surface area (Å²) >= 11 is 5.78. The maximum absolute atomic E-state index is 12.8. The number of sulfonamides is 1. The zero-order valence-electron chi connectivity index (χ0n) is 12.7. The number of aryl methyl sites for hydroxylation is 2. The first kappa shape index (κ1) is 17.3. The first-order chi connectivity index (χ1) is 10.7. The lowest BCUT2D eigenvalue weighted by atomic mass is 10.1. The van der Waals surface area contributed by atoms with Crippen LogP contribution >= 0.6 is 11.6 Å². The minimum atomic E-state index is -4.01. The summed E-state index contributed by atoms with van der Waals surface area (Å²) in [5.74, 6) is -1.23. The van der Waals surface area contributed by atoms with Crippen LogP contribution in [-0.4, -0.2) is 26.0 Å². The predicted molar refractivity (Wildman–Crippen MR) is 89.5 cm³/mol. The molecule has 0 aliphatic heterocycles. The first-order valence-corrected chi connectivity index (χ1v) is 8.60. The molecule has 122 valence electrons. The SMILES string of the molecule is Cc1cc(C)cc(N(CC(=O)O)S(=O)(=O)c2ccc(Cl)cc2)c1. The quantitative estimate of drug-likeness (QED) is 0.895. The summed E-state index contributed by atoms with van der Waals surface area (Å²) in [5, 5.41) is 9.51. The highest BCUT2D eigenvalue weighted by atomic mass is 35.5. The molecule has 0 fully saturated rings. The number of aliphatic carboxylic acids is 1. The summed E-state index contributed by atoms with van der Waals surface area (Å²) in [7, 11) is -4.01. The van der Waals surface area contributed by atoms with Crippen LogP contribution in [0.1, 0.15) is 11.1 Å². The zero-order valence-corrected chi connectivity index (χ0v) is 14.2. The molecule has 0 heterocycles. The fourth-order valence-corrected chi connectivity index (χ4v) is 3.79. The van der Waals surface area contributed by atoms with E-state index in [1.807, 2.05) is 19.9 Å². The van der Waals surface area contributed by atoms with E-state index in [1.165, 1.54) is 24.3 Å². The molecule has 7 heteroatoms. The van der Waals surface area contributed by atoms with E-state index in [0.29, 0.717) is 10.7 Å². The van der Waals surface area contributed by atoms with Crippen molar-refractivity contribution < 1.29 is 18.3 Å². The zero-order chi connectivity index (χ0) is 17.2. The van der Waals surface area contributed by atoms with Gasteiger partial charge in [0.2, 0.25) is 0 Å². The summed E-state index contributed by atoms with van der Waals surface area (Å²) in [5.41, 5.74) is 2.02. The molecule has 23 heavy (non-hydrogen) atoms. The number of hydrogen-bond donors (Lipinski definition) is 1. The number of carboxylic acids is 1. The van der Waals surface area contributed by atoms with Crippen molar-refractivity contribution >= 4 is 33.3 Å². The largest absolute Gasteiger partial charge is 0.480 e. The second-order valence-electron chi connectivity index (χ2n) is 5.21. The number of carbonyl (C=O) groups is 1. The Labute approximate surface area is 140 Å². The standard InChI is InChI=1S/C16H16ClNO4S/c1-11-7-12(2)9-14(8-11)18(10-16(19)20)23(21,22)15-5-3-13(17)4-6-15/h3-9H,10H2,1-2H3,(H,19,20). The molecular formula is C16H16ClNO4S. The van der Waals surface area contributed by atoms with Crippen molar-refractivity contribution in [1.82, 2.24) is 0 Å². The smallest absolute Gasteiger partial charge is 0.324 e. The van der Waals surface area contributed by atoms with Crippen LogP contribution in [-0.2, 0) is 14.8 Å². The molecule has 0 aromatic heterocycles. The van der Waals surface area contributed by atoms with Crippen molar-refractivity contribution in [3.05, 3.63) is 58.6 Å². The first-order valence-electron chi connectivity index (χ1n) is 6.78. The highest BCUT2D eigenvalue weighted by Gasteiger charge is 2.27. The van der Waals surface area contributed by atoms with Crippen LogP contribution in [0.3, 0.4) is 0 Å². The van der Waals surface area contributed by atoms with Crippen molar-refractivity contribution in [3.63, 3.8) is 0 Å². The van der Waals surface area contributed by atoms with E-state index in [4.69, 9.17) is 16.7 Å². The summed E-state index contributed by atoms with van der Waals surface area (Å²) in [6.07, 6.45) is 0. The van der Waals surface area contributed by atoms with E-state index in [1.54, 1.807) is 12.1 Å². The molecule has 0 saturated carbocycles. The van der Waals surface area contributed by atoms with E-state index in [-0.39, 0.29) is 4.90 Å². The third-order valence-corrected chi connectivity index (χ3v) is 5.21. The topological polar surface area (TPSA) is 74.7 Å². The van der Waals surface area contributed by atoms with Crippen molar-refractivity contribution in [3.8, 4) is 0 Å². The fourth-order valence-electron chi connectivity index (χ4n) is 2.27. The summed E-state index contributed by atoms with van der Waals surface area (Å²) in [6, 6.07) is 10.8. The van der Waals surface area contributed by atoms with Crippen molar-refractivity contribution in [1.29, 1.82) is 0 Å². The Morgan fingerprint density at radius 3 is 2.09 bits per heavy atom. The van der Waals surface area contributed by atoms with Gasteiger partial charge in [-0.05, 0) is 61.4 Å². The van der Waals surface area contributed by atoms with Gasteiger partial charge >= 0.3 is 5.97 Å². The average Bonchev–Trinajstić information content (AvgIpc) is 2.43. The Kier molecular flexibility index (Phi) is 4.97. The number of nitrogens with zero attached hydrogens (tertiary/aromatic N) is 1. The van der Waals surface area contributed by atoms with Crippen LogP contribution in [0.15, 0.2) is 47.4 Å². The van der Waals surface area contributed by atoms with E-state index in [9.17, 15) is 13.2 Å². The van der Waals surface area contributed by atoms with Gasteiger partial charge in [0.25, 0.3) is 10.0 Å². The molecule has 0 atom stereocenters. The van der Waals surface area contributed by atoms with Crippen LogP contribution < -0.4 is 4.31 Å². The highest BCUT2D eigenvalue weighted by Crippen LogP contribution is 2.26. The van der Waals surface area contributed by atoms with Gasteiger partial charge in [-0.2, -0.15) is 0 Å². The molecular weight excluding hydrogens is 338 g/mol. The lowest BCUT2D eigenvalue weighted by molar-refractivity contribution is -0.135. The number of anilines is 1. The second-order valence-corrected chi connectivity index (χ2v) is 7.50. The van der Waals surface area contributed by atoms with Crippen molar-refractivity contribution in [2.24, 2.45) is 0 Å². The van der Waals surface area contributed by atoms with Gasteiger partial charge in [-0.1, -0.05) is 17.7 Å². The maximum Gasteiger partial charge on any atom is 0.324 e. The van der Waals surface area contributed by atoms with E-state index in [0.717, 1.165) is 15.4 Å². The molecule has 0 unspecified atom stereocenters. The molecule has 2 rings (SSSR count). The van der Waals surface area contributed by atoms with Crippen LogP contribution in [0.4, 0.5) is 5.69 Å². The third kappa shape index (κ3) is 4.03. The average molecular weight is 354 g/mol. The highest BCUT2D eigenvalue weighted by molar-refractivity contribution is 7.92. The molecule has 0 spiro atoms. The molecule has 0 amide bonds. The predicted octanol–water partition coefficient (Wildman–Crippen LogP) is 3.24. The molecule has 0 bridgehead atoms. The van der Waals surface area contributed by atoms with Crippen LogP contribution in [0.25, 0.3) is 0 Å². The van der Waals surface area contributed by atoms with Gasteiger partial charge in [-0.15, -0.1) is 0 Å². The summed E-state index contributed by atoms with van der Waals surface area (Å²) < 4.78 is 26.5. The van der Waals surface area contributed by atoms with Crippen molar-refractivity contribution in [2.75, 3.05) is 10.8 Å². The molecule has 5 nitrogen and oxygen atoms in total. The van der Waals surface area contributed by atoms with Crippen LogP contribution in [0, 0.1) is 13.8 Å². The van der Waals surface area contributed by atoms with Gasteiger partial charge < -0.3 is 5.11 Å². The third-order valence-electron chi connectivity index (χ3n) is 3.17. The minimum absolute atomic E-state index is 0.0118. The number of hydrogen-bond acceptors (Lipinski definition) is 3. The van der Waals surface area contributed by atoms with E-state index < -0.39 is 22.5 Å². The normalized spacial score (nSPS) is 11.3. The Morgan fingerprint density at radius 1 is 1.09 bits per heavy atom. The monoisotopic (exact) mass is 353 g/mol. The summed E-state index contributed by atoms with van der Waals surface area (Å²) in [6.45, 7) is 2.99. The molecule has 0 saturated heterocycles. The van der Waals surface area contributed by atoms with Crippen LogP contribution in [0.5, 0.6) is 0 Å². The summed E-state index contributed by atoms with van der Waals surface area (Å²) in [4.78, 5) is 11.1. The Hall–Kier alpha value is -2.05. The number of carboxylic acid groups (broad SMARTS) is 1. The second kappa shape index (κ2) is 6.60. The Balaban J connectivity index is 2.57. The molecule has 0 aliphatic carbocycles. The molecule has 2 aromatic rings. The number of halogens is 1. The van der Waals surface area contributed by atoms with Gasteiger partial charge in [0.1, 0.15) is 6.54 Å². The van der Waals surface area contributed by atoms with Gasteiger partial charge in [0.05, 0.1) is 10.6 Å². The van der Waals surface area contributed by atoms with Crippen molar-refractivity contribution in [2.45, 2.75) is 18.7 Å². The van der Waals surface area contributed by atoms with E-state index >= 15 is 0 Å². The molecule has 0 radical (unpaired) electrons. The van der Waals surface area contributed by atoms with Gasteiger partial charge in [-0.3, -0.25) is 9.10 Å². The fraction of sp³-hybridized carbons (Fsp3) is 0.188. The Bertz CT molecular complexity index is 811. The van der Waals surface area contributed by atoms with Gasteiger partial charge in [-0.25, -0.2) is 8.42 Å². The molecule has 2 aromatic carbocycles. The van der Waals surface area contributed by atoms with Gasteiger partial charge in [0, 0.05) is 5.02 Å². The number of rotatable bonds is 5. The van der Waals surface area contributed by atoms with Crippen LogP contribution in [0.2, 0.25) is 5.02 Å². The minimum Gasteiger partial charge on any atom is -0.480 e. The maximum atomic E-state index is 12.8. The Morgan fingerprint density at radius 2 is 1.61 bits per heavy atom. The molecule has 1 N–H and O–H groups in total. The molecule has 0 aliphatic rings. The lowest BCUT2D eigenvalue weighted by Crippen LogP contribution is -2.35. The lowest BCUT2D eigenvalue weighted by Gasteiger charge is -2.23.